The van der Waals surface area contributed by atoms with Gasteiger partial charge in [0.15, 0.2) is 5.38 Å². The lowest BCUT2D eigenvalue weighted by atomic mass is 10.1. The van der Waals surface area contributed by atoms with Crippen LogP contribution in [0, 0.1) is 0 Å². The number of hydrogen-bond donors (Lipinski definition) is 1. The van der Waals surface area contributed by atoms with E-state index in [0.29, 0.717) is 13.0 Å². The Bertz CT molecular complexity index is 185. The molecule has 0 aromatic heterocycles. The molecule has 0 aliphatic heterocycles. The standard InChI is InChI=1S/C12H23ClO3/c1-3-5-6-7-8-9-10(14)11(13)12(15)16-4-2/h10-11,14H,3-9H2,1-2H3. The molecule has 16 heavy (non-hydrogen) atoms. The molecule has 0 saturated heterocycles. The van der Waals surface area contributed by atoms with Crippen LogP contribution in [0.2, 0.25) is 0 Å². The zero-order valence-corrected chi connectivity index (χ0v) is 11.0. The van der Waals surface area contributed by atoms with Crippen molar-refractivity contribution in [3.05, 3.63) is 0 Å². The lowest BCUT2D eigenvalue weighted by Crippen LogP contribution is -2.30. The van der Waals surface area contributed by atoms with Gasteiger partial charge >= 0.3 is 5.97 Å². The van der Waals surface area contributed by atoms with Gasteiger partial charge in [0.25, 0.3) is 0 Å². The van der Waals surface area contributed by atoms with Crippen molar-refractivity contribution in [2.45, 2.75) is 63.9 Å². The molecular formula is C12H23ClO3. The van der Waals surface area contributed by atoms with E-state index in [0.717, 1.165) is 12.8 Å². The molecular weight excluding hydrogens is 228 g/mol. The molecule has 2 unspecified atom stereocenters. The Morgan fingerprint density at radius 2 is 1.88 bits per heavy atom. The number of esters is 1. The summed E-state index contributed by atoms with van der Waals surface area (Å²) in [6.45, 7) is 4.17. The normalized spacial score (nSPS) is 14.5. The van der Waals surface area contributed by atoms with Crippen LogP contribution < -0.4 is 0 Å². The van der Waals surface area contributed by atoms with Gasteiger partial charge in [0.1, 0.15) is 0 Å². The lowest BCUT2D eigenvalue weighted by molar-refractivity contribution is -0.144. The molecule has 0 aromatic rings. The van der Waals surface area contributed by atoms with Crippen molar-refractivity contribution < 1.29 is 14.6 Å². The lowest BCUT2D eigenvalue weighted by Gasteiger charge is -2.15. The summed E-state index contributed by atoms with van der Waals surface area (Å²) in [5, 5.41) is 8.71. The summed E-state index contributed by atoms with van der Waals surface area (Å²) in [5.41, 5.74) is 0. The number of aliphatic hydroxyl groups excluding tert-OH is 1. The maximum Gasteiger partial charge on any atom is 0.326 e. The minimum atomic E-state index is -0.925. The maximum absolute atomic E-state index is 11.2. The second kappa shape index (κ2) is 9.91. The molecule has 1 N–H and O–H groups in total. The van der Waals surface area contributed by atoms with E-state index in [1.165, 1.54) is 19.3 Å². The smallest absolute Gasteiger partial charge is 0.326 e. The van der Waals surface area contributed by atoms with Crippen LogP contribution in [0.1, 0.15) is 52.4 Å². The fourth-order valence-electron chi connectivity index (χ4n) is 1.48. The van der Waals surface area contributed by atoms with Crippen LogP contribution in [-0.2, 0) is 9.53 Å². The highest BCUT2D eigenvalue weighted by molar-refractivity contribution is 6.30. The van der Waals surface area contributed by atoms with Gasteiger partial charge in [-0.3, -0.25) is 4.79 Å². The van der Waals surface area contributed by atoms with Crippen LogP contribution in [0.4, 0.5) is 0 Å². The van der Waals surface area contributed by atoms with Crippen molar-refractivity contribution in [3.63, 3.8) is 0 Å². The van der Waals surface area contributed by atoms with Crippen molar-refractivity contribution in [1.82, 2.24) is 0 Å². The van der Waals surface area contributed by atoms with Crippen LogP contribution in [0.25, 0.3) is 0 Å². The van der Waals surface area contributed by atoms with Gasteiger partial charge in [0.2, 0.25) is 0 Å². The molecule has 0 bridgehead atoms. The topological polar surface area (TPSA) is 46.5 Å². The number of halogens is 1. The van der Waals surface area contributed by atoms with Crippen molar-refractivity contribution >= 4 is 17.6 Å². The minimum absolute atomic E-state index is 0.297. The van der Waals surface area contributed by atoms with E-state index in [1.54, 1.807) is 6.92 Å². The molecule has 96 valence electrons. The van der Waals surface area contributed by atoms with Crippen LogP contribution in [0.3, 0.4) is 0 Å². The van der Waals surface area contributed by atoms with E-state index in [-0.39, 0.29) is 0 Å². The van der Waals surface area contributed by atoms with Crippen LogP contribution in [0.5, 0.6) is 0 Å². The monoisotopic (exact) mass is 250 g/mol. The first-order chi connectivity index (χ1) is 7.63. The molecule has 0 aliphatic rings. The SMILES string of the molecule is CCCCCCCC(O)C(Cl)C(=O)OCC. The van der Waals surface area contributed by atoms with Gasteiger partial charge in [-0.15, -0.1) is 11.6 Å². The summed E-state index contributed by atoms with van der Waals surface area (Å²) >= 11 is 5.78. The number of alkyl halides is 1. The molecule has 0 spiro atoms. The fraction of sp³-hybridized carbons (Fsp3) is 0.917. The zero-order chi connectivity index (χ0) is 12.4. The van der Waals surface area contributed by atoms with Crippen molar-refractivity contribution in [3.8, 4) is 0 Å². The Morgan fingerprint density at radius 1 is 1.25 bits per heavy atom. The highest BCUT2D eigenvalue weighted by Gasteiger charge is 2.24. The van der Waals surface area contributed by atoms with E-state index >= 15 is 0 Å². The number of carbonyl (C=O) groups is 1. The highest BCUT2D eigenvalue weighted by Crippen LogP contribution is 2.14. The Kier molecular flexibility index (Phi) is 9.74. The molecule has 0 aliphatic carbocycles. The molecule has 0 heterocycles. The van der Waals surface area contributed by atoms with Gasteiger partial charge in [-0.1, -0.05) is 39.0 Å². The molecule has 4 heteroatoms. The quantitative estimate of drug-likeness (QED) is 0.389. The maximum atomic E-state index is 11.2. The predicted octanol–water partition coefficient (Wildman–Crippen LogP) is 2.88. The third kappa shape index (κ3) is 7.07. The first-order valence-corrected chi connectivity index (χ1v) is 6.55. The van der Waals surface area contributed by atoms with Gasteiger partial charge in [0.05, 0.1) is 12.7 Å². The second-order valence-electron chi connectivity index (χ2n) is 3.92. The summed E-state index contributed by atoms with van der Waals surface area (Å²) in [7, 11) is 0. The van der Waals surface area contributed by atoms with Gasteiger partial charge < -0.3 is 9.84 Å². The van der Waals surface area contributed by atoms with Gasteiger partial charge in [-0.2, -0.15) is 0 Å². The number of aliphatic hydroxyl groups is 1. The first-order valence-electron chi connectivity index (χ1n) is 6.12. The number of unbranched alkanes of at least 4 members (excludes halogenated alkanes) is 4. The Hall–Kier alpha value is -0.280. The van der Waals surface area contributed by atoms with E-state index in [1.807, 2.05) is 0 Å². The predicted molar refractivity (Wildman–Crippen MR) is 65.7 cm³/mol. The average Bonchev–Trinajstić information content (AvgIpc) is 2.27. The molecule has 0 amide bonds. The van der Waals surface area contributed by atoms with Gasteiger partial charge in [0, 0.05) is 0 Å². The molecule has 3 nitrogen and oxygen atoms in total. The number of hydrogen-bond acceptors (Lipinski definition) is 3. The van der Waals surface area contributed by atoms with Gasteiger partial charge in [-0.05, 0) is 13.3 Å². The number of ether oxygens (including phenoxy) is 1. The zero-order valence-electron chi connectivity index (χ0n) is 10.2. The fourth-order valence-corrected chi connectivity index (χ4v) is 1.67. The minimum Gasteiger partial charge on any atom is -0.465 e. The Morgan fingerprint density at radius 3 is 2.44 bits per heavy atom. The number of rotatable bonds is 9. The molecule has 0 rings (SSSR count). The summed E-state index contributed by atoms with van der Waals surface area (Å²) < 4.78 is 4.74. The van der Waals surface area contributed by atoms with Gasteiger partial charge in [-0.25, -0.2) is 0 Å². The molecule has 0 aromatic carbocycles. The van der Waals surface area contributed by atoms with E-state index in [9.17, 15) is 9.90 Å². The van der Waals surface area contributed by atoms with Crippen molar-refractivity contribution in [2.24, 2.45) is 0 Å². The second-order valence-corrected chi connectivity index (χ2v) is 4.39. The first kappa shape index (κ1) is 15.7. The molecule has 0 saturated carbocycles. The van der Waals surface area contributed by atoms with E-state index in [4.69, 9.17) is 16.3 Å². The molecule has 0 radical (unpaired) electrons. The van der Waals surface area contributed by atoms with E-state index < -0.39 is 17.5 Å². The third-order valence-electron chi connectivity index (χ3n) is 2.45. The largest absolute Gasteiger partial charge is 0.465 e. The summed E-state index contributed by atoms with van der Waals surface area (Å²) in [6.07, 6.45) is 5.36. The van der Waals surface area contributed by atoms with Crippen LogP contribution in [0.15, 0.2) is 0 Å². The molecule has 0 fully saturated rings. The Labute approximate surface area is 103 Å². The molecule has 2 atom stereocenters. The Balaban J connectivity index is 3.62. The summed E-state index contributed by atoms with van der Waals surface area (Å²) in [5.74, 6) is -0.523. The van der Waals surface area contributed by atoms with Crippen molar-refractivity contribution in [1.29, 1.82) is 0 Å². The average molecular weight is 251 g/mol. The summed E-state index contributed by atoms with van der Waals surface area (Å²) in [4.78, 5) is 11.2. The highest BCUT2D eigenvalue weighted by atomic mass is 35.5. The van der Waals surface area contributed by atoms with Crippen molar-refractivity contribution in [2.75, 3.05) is 6.61 Å². The van der Waals surface area contributed by atoms with Crippen LogP contribution in [-0.4, -0.2) is 29.2 Å². The number of carbonyl (C=O) groups excluding carboxylic acids is 1. The summed E-state index contributed by atoms with van der Waals surface area (Å²) in [6, 6.07) is 0. The van der Waals surface area contributed by atoms with E-state index in [2.05, 4.69) is 6.92 Å². The third-order valence-corrected chi connectivity index (χ3v) is 2.92. The van der Waals surface area contributed by atoms with Crippen LogP contribution >= 0.6 is 11.6 Å².